The SMILES string of the molecule is C.CC[SiH](C)C. The van der Waals surface area contributed by atoms with Gasteiger partial charge in [-0.05, 0) is 0 Å². The Kier molecular flexibility index (Phi) is 8.27. The van der Waals surface area contributed by atoms with Gasteiger partial charge in [0.15, 0.2) is 0 Å². The highest BCUT2D eigenvalue weighted by Gasteiger charge is 1.82. The molecular formula is C5H16Si. The lowest BCUT2D eigenvalue weighted by molar-refractivity contribution is 1.41. The third kappa shape index (κ3) is 8.88. The molecule has 0 aromatic carbocycles. The van der Waals surface area contributed by atoms with Gasteiger partial charge >= 0.3 is 0 Å². The molecule has 0 aliphatic heterocycles. The van der Waals surface area contributed by atoms with Crippen LogP contribution in [0, 0.1) is 0 Å². The van der Waals surface area contributed by atoms with Gasteiger partial charge < -0.3 is 0 Å². The molecule has 0 radical (unpaired) electrons. The smallest absolute Gasteiger partial charge is 0.0302 e. The van der Waals surface area contributed by atoms with Crippen LogP contribution in [0.5, 0.6) is 0 Å². The van der Waals surface area contributed by atoms with Crippen LogP contribution in [0.2, 0.25) is 19.1 Å². The van der Waals surface area contributed by atoms with Crippen molar-refractivity contribution in [2.75, 3.05) is 0 Å². The van der Waals surface area contributed by atoms with Crippen LogP contribution < -0.4 is 0 Å². The molecule has 0 atom stereocenters. The predicted octanol–water partition coefficient (Wildman–Crippen LogP) is 2.13. The minimum Gasteiger partial charge on any atom is -0.0776 e. The number of hydrogen-bond acceptors (Lipinski definition) is 0. The van der Waals surface area contributed by atoms with Gasteiger partial charge in [0.2, 0.25) is 0 Å². The quantitative estimate of drug-likeness (QED) is 0.447. The van der Waals surface area contributed by atoms with E-state index in [9.17, 15) is 0 Å². The lowest BCUT2D eigenvalue weighted by atomic mass is 11.0. The highest BCUT2D eigenvalue weighted by molar-refractivity contribution is 6.55. The van der Waals surface area contributed by atoms with Crippen LogP contribution in [-0.2, 0) is 0 Å². The van der Waals surface area contributed by atoms with Crippen molar-refractivity contribution in [3.63, 3.8) is 0 Å². The minimum atomic E-state index is -0.150. The van der Waals surface area contributed by atoms with Crippen molar-refractivity contribution < 1.29 is 0 Å². The second-order valence-electron chi connectivity index (χ2n) is 1.80. The van der Waals surface area contributed by atoms with E-state index in [4.69, 9.17) is 0 Å². The lowest BCUT2D eigenvalue weighted by Gasteiger charge is -1.87. The van der Waals surface area contributed by atoms with Crippen LogP contribution in [-0.4, -0.2) is 8.80 Å². The minimum absolute atomic E-state index is 0. The van der Waals surface area contributed by atoms with Gasteiger partial charge in [0.05, 0.1) is 0 Å². The molecule has 0 fully saturated rings. The molecule has 0 saturated heterocycles. The molecule has 40 valence electrons. The second-order valence-corrected chi connectivity index (χ2v) is 5.41. The summed E-state index contributed by atoms with van der Waals surface area (Å²) in [4.78, 5) is 0. The normalized spacial score (nSPS) is 8.00. The van der Waals surface area contributed by atoms with E-state index >= 15 is 0 Å². The van der Waals surface area contributed by atoms with Gasteiger partial charge in [0, 0.05) is 8.80 Å². The van der Waals surface area contributed by atoms with E-state index in [1.807, 2.05) is 0 Å². The van der Waals surface area contributed by atoms with Gasteiger partial charge in [-0.1, -0.05) is 33.5 Å². The van der Waals surface area contributed by atoms with Crippen LogP contribution in [0.1, 0.15) is 14.4 Å². The van der Waals surface area contributed by atoms with E-state index in [0.717, 1.165) is 0 Å². The average Bonchev–Trinajstić information content (AvgIpc) is 1.38. The lowest BCUT2D eigenvalue weighted by Crippen LogP contribution is -1.92. The zero-order valence-corrected chi connectivity index (χ0v) is 5.44. The molecule has 0 aromatic heterocycles. The van der Waals surface area contributed by atoms with Crippen molar-refractivity contribution in [2.24, 2.45) is 0 Å². The zero-order chi connectivity index (χ0) is 4.28. The Hall–Kier alpha value is 0.217. The molecular weight excluding hydrogens is 88.1 g/mol. The summed E-state index contributed by atoms with van der Waals surface area (Å²) in [6.07, 6.45) is 0. The van der Waals surface area contributed by atoms with Crippen molar-refractivity contribution in [3.05, 3.63) is 0 Å². The molecule has 1 heteroatoms. The maximum atomic E-state index is 2.36. The molecule has 0 rings (SSSR count). The van der Waals surface area contributed by atoms with Crippen LogP contribution in [0.15, 0.2) is 0 Å². The first kappa shape index (κ1) is 9.52. The van der Waals surface area contributed by atoms with Crippen molar-refractivity contribution in [1.82, 2.24) is 0 Å². The van der Waals surface area contributed by atoms with Crippen molar-refractivity contribution >= 4 is 8.80 Å². The fourth-order valence-electron chi connectivity index (χ4n) is 0. The Balaban J connectivity index is 0. The van der Waals surface area contributed by atoms with Crippen LogP contribution >= 0.6 is 0 Å². The Morgan fingerprint density at radius 1 is 1.33 bits per heavy atom. The first-order chi connectivity index (χ1) is 2.27. The Bertz CT molecular complexity index is 17.9. The fourth-order valence-corrected chi connectivity index (χ4v) is 0. The van der Waals surface area contributed by atoms with Gasteiger partial charge in [-0.25, -0.2) is 0 Å². The zero-order valence-electron chi connectivity index (χ0n) is 4.28. The van der Waals surface area contributed by atoms with Gasteiger partial charge in [-0.2, -0.15) is 0 Å². The Labute approximate surface area is 43.2 Å². The van der Waals surface area contributed by atoms with Crippen molar-refractivity contribution in [1.29, 1.82) is 0 Å². The van der Waals surface area contributed by atoms with Crippen LogP contribution in [0.25, 0.3) is 0 Å². The van der Waals surface area contributed by atoms with Crippen LogP contribution in [0.4, 0.5) is 0 Å². The molecule has 0 aliphatic carbocycles. The highest BCUT2D eigenvalue weighted by atomic mass is 28.3. The monoisotopic (exact) mass is 104 g/mol. The summed E-state index contributed by atoms with van der Waals surface area (Å²) in [6.45, 7) is 6.98. The molecule has 0 amide bonds. The standard InChI is InChI=1S/C4H12Si.CH4/c1-4-5(2)3;/h5H,4H2,1-3H3;1H4. The van der Waals surface area contributed by atoms with E-state index in [2.05, 4.69) is 20.0 Å². The molecule has 0 aromatic rings. The summed E-state index contributed by atoms with van der Waals surface area (Å²) >= 11 is 0. The predicted molar refractivity (Wildman–Crippen MR) is 36.1 cm³/mol. The second kappa shape index (κ2) is 5.22. The molecule has 6 heavy (non-hydrogen) atoms. The molecule has 0 N–H and O–H groups in total. The van der Waals surface area contributed by atoms with Crippen molar-refractivity contribution in [3.8, 4) is 0 Å². The van der Waals surface area contributed by atoms with Gasteiger partial charge in [-0.15, -0.1) is 0 Å². The molecule has 0 spiro atoms. The van der Waals surface area contributed by atoms with E-state index < -0.39 is 0 Å². The topological polar surface area (TPSA) is 0 Å². The number of hydrogen-bond donors (Lipinski definition) is 0. The third-order valence-corrected chi connectivity index (χ3v) is 2.45. The summed E-state index contributed by atoms with van der Waals surface area (Å²) in [7, 11) is -0.150. The highest BCUT2D eigenvalue weighted by Crippen LogP contribution is 1.83. The first-order valence-electron chi connectivity index (χ1n) is 2.27. The summed E-state index contributed by atoms with van der Waals surface area (Å²) in [5, 5.41) is 0. The molecule has 0 heterocycles. The number of rotatable bonds is 1. The van der Waals surface area contributed by atoms with E-state index in [1.54, 1.807) is 0 Å². The Morgan fingerprint density at radius 2 is 1.50 bits per heavy atom. The van der Waals surface area contributed by atoms with E-state index in [-0.39, 0.29) is 16.2 Å². The fraction of sp³-hybridized carbons (Fsp3) is 1.00. The summed E-state index contributed by atoms with van der Waals surface area (Å²) in [6, 6.07) is 1.44. The van der Waals surface area contributed by atoms with E-state index in [0.29, 0.717) is 0 Å². The maximum absolute atomic E-state index is 2.36. The van der Waals surface area contributed by atoms with E-state index in [1.165, 1.54) is 6.04 Å². The molecule has 0 nitrogen and oxygen atoms in total. The summed E-state index contributed by atoms with van der Waals surface area (Å²) in [5.74, 6) is 0. The average molecular weight is 104 g/mol. The first-order valence-corrected chi connectivity index (χ1v) is 5.40. The van der Waals surface area contributed by atoms with Crippen LogP contribution in [0.3, 0.4) is 0 Å². The molecule has 0 unspecified atom stereocenters. The molecule has 0 aliphatic rings. The third-order valence-electron chi connectivity index (χ3n) is 0.816. The van der Waals surface area contributed by atoms with Crippen molar-refractivity contribution in [2.45, 2.75) is 33.5 Å². The maximum Gasteiger partial charge on any atom is 0.0302 e. The summed E-state index contributed by atoms with van der Waals surface area (Å²) in [5.41, 5.74) is 0. The largest absolute Gasteiger partial charge is 0.0776 e. The molecule has 0 bridgehead atoms. The Morgan fingerprint density at radius 3 is 1.50 bits per heavy atom. The summed E-state index contributed by atoms with van der Waals surface area (Å²) < 4.78 is 0. The van der Waals surface area contributed by atoms with Gasteiger partial charge in [0.1, 0.15) is 0 Å². The molecule has 0 saturated carbocycles. The van der Waals surface area contributed by atoms with Gasteiger partial charge in [-0.3, -0.25) is 0 Å². The van der Waals surface area contributed by atoms with Gasteiger partial charge in [0.25, 0.3) is 0 Å².